The number of benzene rings is 2. The van der Waals surface area contributed by atoms with Gasteiger partial charge in [0.15, 0.2) is 5.69 Å². The number of alkyl halides is 2. The van der Waals surface area contributed by atoms with Crippen LogP contribution in [0.5, 0.6) is 0 Å². The van der Waals surface area contributed by atoms with Crippen molar-refractivity contribution in [2.24, 2.45) is 5.92 Å². The summed E-state index contributed by atoms with van der Waals surface area (Å²) in [4.78, 5) is 25.4. The number of hydrogen-bond donors (Lipinski definition) is 3. The Balaban J connectivity index is 1.78. The van der Waals surface area contributed by atoms with Crippen LogP contribution in [0, 0.1) is 11.7 Å². The molecule has 1 amide bonds. The molecule has 1 aromatic heterocycles. The molecule has 204 valence electrons. The maximum absolute atomic E-state index is 14.3. The first-order chi connectivity index (χ1) is 18.3. The normalized spacial score (nSPS) is 12.8. The molecule has 0 saturated carbocycles. The fourth-order valence-electron chi connectivity index (χ4n) is 4.01. The Morgan fingerprint density at radius 3 is 2.58 bits per heavy atom. The molecule has 38 heavy (non-hydrogen) atoms. The van der Waals surface area contributed by atoms with Crippen LogP contribution in [0.25, 0.3) is 11.1 Å². The molecule has 2 aromatic carbocycles. The molecule has 3 aromatic rings. The molecule has 3 rings (SSSR count). The van der Waals surface area contributed by atoms with Gasteiger partial charge in [0.25, 0.3) is 12.3 Å². The molecule has 0 bridgehead atoms. The Hall–Kier alpha value is -3.44. The highest BCUT2D eigenvalue weighted by Crippen LogP contribution is 2.27. The van der Waals surface area contributed by atoms with E-state index in [9.17, 15) is 22.8 Å². The predicted molar refractivity (Wildman–Crippen MR) is 136 cm³/mol. The molecule has 0 radical (unpaired) electrons. The van der Waals surface area contributed by atoms with Crippen molar-refractivity contribution in [3.63, 3.8) is 0 Å². The maximum atomic E-state index is 14.3. The number of aromatic nitrogens is 3. The fourth-order valence-corrected chi connectivity index (χ4v) is 4.18. The van der Waals surface area contributed by atoms with E-state index in [4.69, 9.17) is 16.3 Å². The summed E-state index contributed by atoms with van der Waals surface area (Å²) in [7, 11) is 0. The lowest BCUT2D eigenvalue weighted by Gasteiger charge is -2.24. The molecular formula is C26H29ClF3N5O3. The van der Waals surface area contributed by atoms with Gasteiger partial charge in [-0.2, -0.15) is 15.4 Å². The van der Waals surface area contributed by atoms with E-state index in [0.717, 1.165) is 5.56 Å². The Morgan fingerprint density at radius 1 is 1.16 bits per heavy atom. The molecule has 0 fully saturated rings. The third-order valence-electron chi connectivity index (χ3n) is 5.82. The van der Waals surface area contributed by atoms with Crippen molar-refractivity contribution in [3.8, 4) is 11.1 Å². The van der Waals surface area contributed by atoms with E-state index in [1.54, 1.807) is 37.3 Å². The van der Waals surface area contributed by atoms with Gasteiger partial charge in [-0.3, -0.25) is 9.59 Å². The topological polar surface area (TPSA) is 109 Å². The second kappa shape index (κ2) is 14.5. The van der Waals surface area contributed by atoms with E-state index in [0.29, 0.717) is 22.6 Å². The van der Waals surface area contributed by atoms with Gasteiger partial charge in [0.1, 0.15) is 5.82 Å². The molecular weight excluding hydrogens is 523 g/mol. The van der Waals surface area contributed by atoms with Crippen molar-refractivity contribution < 1.29 is 27.5 Å². The molecule has 0 spiro atoms. The minimum Gasteiger partial charge on any atom is -0.466 e. The van der Waals surface area contributed by atoms with E-state index in [2.05, 4.69) is 26.0 Å². The number of hydrogen-bond acceptors (Lipinski definition) is 6. The second-order valence-corrected chi connectivity index (χ2v) is 9.06. The summed E-state index contributed by atoms with van der Waals surface area (Å²) in [5, 5.41) is 15.7. The van der Waals surface area contributed by atoms with Gasteiger partial charge in [-0.25, -0.2) is 13.2 Å². The number of carbonyl (C=O) groups is 2. The first kappa shape index (κ1) is 29.1. The van der Waals surface area contributed by atoms with Crippen LogP contribution >= 0.6 is 11.6 Å². The molecule has 2 atom stereocenters. The highest BCUT2D eigenvalue weighted by Gasteiger charge is 2.26. The highest BCUT2D eigenvalue weighted by atomic mass is 35.5. The molecule has 0 aliphatic carbocycles. The number of amides is 1. The van der Waals surface area contributed by atoms with E-state index in [-0.39, 0.29) is 31.7 Å². The number of halogens is 4. The van der Waals surface area contributed by atoms with Crippen LogP contribution in [0.3, 0.4) is 0 Å². The molecule has 8 nitrogen and oxygen atoms in total. The summed E-state index contributed by atoms with van der Waals surface area (Å²) < 4.78 is 44.5. The lowest BCUT2D eigenvalue weighted by Crippen LogP contribution is -2.40. The van der Waals surface area contributed by atoms with Crippen LogP contribution < -0.4 is 10.6 Å². The van der Waals surface area contributed by atoms with Crippen molar-refractivity contribution in [1.29, 1.82) is 0 Å². The van der Waals surface area contributed by atoms with Crippen LogP contribution in [0.4, 0.5) is 13.2 Å². The molecule has 0 aliphatic heterocycles. The number of nitrogens with zero attached hydrogens (tertiary/aromatic N) is 2. The summed E-state index contributed by atoms with van der Waals surface area (Å²) in [5.74, 6) is -2.01. The number of nitrogens with one attached hydrogen (secondary N) is 3. The largest absolute Gasteiger partial charge is 0.466 e. The highest BCUT2D eigenvalue weighted by molar-refractivity contribution is 6.30. The zero-order valence-electron chi connectivity index (χ0n) is 20.7. The quantitative estimate of drug-likeness (QED) is 0.202. The number of aromatic amines is 1. The second-order valence-electron chi connectivity index (χ2n) is 8.62. The van der Waals surface area contributed by atoms with Gasteiger partial charge in [-0.15, -0.1) is 0 Å². The third-order valence-corrected chi connectivity index (χ3v) is 6.05. The zero-order chi connectivity index (χ0) is 27.5. The third kappa shape index (κ3) is 8.84. The number of carbonyl (C=O) groups excluding carboxylic acids is 2. The first-order valence-corrected chi connectivity index (χ1v) is 12.5. The molecule has 1 heterocycles. The van der Waals surface area contributed by atoms with Crippen LogP contribution in [0.15, 0.2) is 48.7 Å². The van der Waals surface area contributed by atoms with E-state index >= 15 is 0 Å². The summed E-state index contributed by atoms with van der Waals surface area (Å²) in [6, 6.07) is 10.9. The Kier molecular flexibility index (Phi) is 11.1. The van der Waals surface area contributed by atoms with E-state index < -0.39 is 42.6 Å². The Bertz CT molecular complexity index is 1180. The lowest BCUT2D eigenvalue weighted by atomic mass is 9.91. The number of ether oxygens (including phenoxy) is 1. The smallest absolute Gasteiger partial charge is 0.309 e. The van der Waals surface area contributed by atoms with Gasteiger partial charge in [0, 0.05) is 16.6 Å². The van der Waals surface area contributed by atoms with Crippen LogP contribution in [0.2, 0.25) is 5.02 Å². The van der Waals surface area contributed by atoms with Crippen molar-refractivity contribution in [3.05, 3.63) is 70.8 Å². The number of esters is 1. The van der Waals surface area contributed by atoms with E-state index in [1.165, 1.54) is 18.3 Å². The predicted octanol–water partition coefficient (Wildman–Crippen LogP) is 4.42. The van der Waals surface area contributed by atoms with Gasteiger partial charge in [0.05, 0.1) is 25.3 Å². The van der Waals surface area contributed by atoms with Crippen molar-refractivity contribution >= 4 is 23.5 Å². The summed E-state index contributed by atoms with van der Waals surface area (Å²) >= 11 is 6.02. The maximum Gasteiger partial charge on any atom is 0.309 e. The van der Waals surface area contributed by atoms with Gasteiger partial charge >= 0.3 is 5.97 Å². The van der Waals surface area contributed by atoms with Crippen molar-refractivity contribution in [2.45, 2.75) is 38.7 Å². The standard InChI is InChI=1S/C26H29ClF3N5O3/c1-2-38-26(37)18(9-10-31-15-24(29)30)12-20(33-25(36)23-14-32-35-34-23)11-16-3-5-17(6-4-16)21-13-19(27)7-8-22(21)28/h3-8,13-14,18,20,24,31H,2,9-12,15H2,1H3,(H,33,36)(H,32,34,35)/t18-,20-/m1/s1. The van der Waals surface area contributed by atoms with E-state index in [1.807, 2.05) is 0 Å². The number of rotatable bonds is 14. The average molecular weight is 552 g/mol. The summed E-state index contributed by atoms with van der Waals surface area (Å²) in [5.41, 5.74) is 1.89. The average Bonchev–Trinajstić information content (AvgIpc) is 3.43. The van der Waals surface area contributed by atoms with Crippen molar-refractivity contribution in [2.75, 3.05) is 19.7 Å². The molecule has 12 heteroatoms. The van der Waals surface area contributed by atoms with Gasteiger partial charge in [0.2, 0.25) is 0 Å². The van der Waals surface area contributed by atoms with Crippen LogP contribution in [0.1, 0.15) is 35.8 Å². The van der Waals surface area contributed by atoms with Crippen LogP contribution in [-0.2, 0) is 16.0 Å². The zero-order valence-corrected chi connectivity index (χ0v) is 21.5. The minimum atomic E-state index is -2.51. The Labute approximate surface area is 223 Å². The van der Waals surface area contributed by atoms with Gasteiger partial charge in [-0.1, -0.05) is 35.9 Å². The molecule has 3 N–H and O–H groups in total. The fraction of sp³-hybridized carbons (Fsp3) is 0.385. The summed E-state index contributed by atoms with van der Waals surface area (Å²) in [6.07, 6.45) is -0.452. The summed E-state index contributed by atoms with van der Waals surface area (Å²) in [6.45, 7) is 1.54. The molecule has 0 unspecified atom stereocenters. The van der Waals surface area contributed by atoms with Crippen molar-refractivity contribution in [1.82, 2.24) is 26.0 Å². The SMILES string of the molecule is CCOC(=O)[C@H](CCNCC(F)F)C[C@@H](Cc1ccc(-c2cc(Cl)ccc2F)cc1)NC(=O)c1cn[nH]n1. The lowest BCUT2D eigenvalue weighted by molar-refractivity contribution is -0.148. The van der Waals surface area contributed by atoms with Gasteiger partial charge in [-0.05, 0) is 62.1 Å². The number of H-pyrrole nitrogens is 1. The monoisotopic (exact) mass is 551 g/mol. The Morgan fingerprint density at radius 2 is 1.92 bits per heavy atom. The minimum absolute atomic E-state index is 0.0769. The first-order valence-electron chi connectivity index (χ1n) is 12.1. The molecule has 0 saturated heterocycles. The molecule has 0 aliphatic rings. The van der Waals surface area contributed by atoms with Crippen LogP contribution in [-0.4, -0.2) is 59.5 Å². The van der Waals surface area contributed by atoms with Gasteiger partial charge < -0.3 is 15.4 Å².